The Balaban J connectivity index is 1.59. The first-order valence-electron chi connectivity index (χ1n) is 10.4. The number of hydrogen-bond acceptors (Lipinski definition) is 4. The largest absolute Gasteiger partial charge is 0.481 e. The number of aliphatic hydroxyl groups is 1. The van der Waals surface area contributed by atoms with Crippen LogP contribution in [0.1, 0.15) is 44.1 Å². The van der Waals surface area contributed by atoms with E-state index < -0.39 is 17.5 Å². The van der Waals surface area contributed by atoms with Crippen molar-refractivity contribution < 1.29 is 24.6 Å². The van der Waals surface area contributed by atoms with Crippen LogP contribution in [0.15, 0.2) is 30.3 Å². The number of carbonyl (C=O) groups is 3. The van der Waals surface area contributed by atoms with Crippen LogP contribution in [0.4, 0.5) is 0 Å². The molecule has 2 aliphatic heterocycles. The van der Waals surface area contributed by atoms with Crippen LogP contribution in [0.3, 0.4) is 0 Å². The van der Waals surface area contributed by atoms with Gasteiger partial charge in [0.15, 0.2) is 0 Å². The lowest BCUT2D eigenvalue weighted by molar-refractivity contribution is -0.166. The Morgan fingerprint density at radius 2 is 1.86 bits per heavy atom. The van der Waals surface area contributed by atoms with Gasteiger partial charge in [-0.05, 0) is 31.2 Å². The Labute approximate surface area is 171 Å². The predicted molar refractivity (Wildman–Crippen MR) is 107 cm³/mol. The minimum absolute atomic E-state index is 0.00587. The number of carboxylic acids is 1. The Bertz CT molecular complexity index is 738. The van der Waals surface area contributed by atoms with Crippen molar-refractivity contribution in [1.82, 2.24) is 9.80 Å². The number of β-amino-alcohol motifs (C(OH)–C–C–N with tert-alkyl or cyclic N) is 1. The molecule has 0 saturated carbocycles. The average molecular weight is 402 g/mol. The number of benzene rings is 1. The molecule has 2 amide bonds. The molecule has 2 fully saturated rings. The summed E-state index contributed by atoms with van der Waals surface area (Å²) >= 11 is 0. The molecular weight excluding hydrogens is 372 g/mol. The van der Waals surface area contributed by atoms with E-state index in [9.17, 15) is 24.6 Å². The number of carboxylic acid groups (broad SMARTS) is 1. The minimum atomic E-state index is -1.29. The maximum atomic E-state index is 12.6. The summed E-state index contributed by atoms with van der Waals surface area (Å²) in [5, 5.41) is 20.6. The minimum Gasteiger partial charge on any atom is -0.481 e. The van der Waals surface area contributed by atoms with Gasteiger partial charge in [-0.15, -0.1) is 0 Å². The molecule has 1 aromatic rings. The first-order valence-corrected chi connectivity index (χ1v) is 10.4. The summed E-state index contributed by atoms with van der Waals surface area (Å²) in [7, 11) is 0. The third kappa shape index (κ3) is 4.96. The highest BCUT2D eigenvalue weighted by Crippen LogP contribution is 2.36. The first kappa shape index (κ1) is 21.3. The lowest BCUT2D eigenvalue weighted by atomic mass is 9.71. The lowest BCUT2D eigenvalue weighted by Gasteiger charge is -2.43. The van der Waals surface area contributed by atoms with E-state index in [-0.39, 0.29) is 37.6 Å². The summed E-state index contributed by atoms with van der Waals surface area (Å²) in [6.45, 7) is 1.38. The number of carbonyl (C=O) groups excluding carboxylic acids is 2. The normalized spacial score (nSPS) is 25.6. The Morgan fingerprint density at radius 1 is 1.10 bits per heavy atom. The van der Waals surface area contributed by atoms with E-state index in [0.29, 0.717) is 26.1 Å². The molecule has 0 aliphatic carbocycles. The third-order valence-electron chi connectivity index (χ3n) is 6.27. The van der Waals surface area contributed by atoms with Crippen LogP contribution >= 0.6 is 0 Å². The number of likely N-dealkylation sites (tertiary alicyclic amines) is 2. The van der Waals surface area contributed by atoms with E-state index in [1.165, 1.54) is 0 Å². The highest BCUT2D eigenvalue weighted by molar-refractivity contribution is 5.80. The molecule has 2 N–H and O–H groups in total. The topological polar surface area (TPSA) is 98.2 Å². The fraction of sp³-hybridized carbons (Fsp3) is 0.591. The molecule has 2 atom stereocenters. The summed E-state index contributed by atoms with van der Waals surface area (Å²) in [4.78, 5) is 40.1. The van der Waals surface area contributed by atoms with Crippen LogP contribution in [-0.4, -0.2) is 70.1 Å². The van der Waals surface area contributed by atoms with Gasteiger partial charge < -0.3 is 20.0 Å². The molecule has 7 heteroatoms. The van der Waals surface area contributed by atoms with Crippen molar-refractivity contribution >= 4 is 17.8 Å². The fourth-order valence-electron chi connectivity index (χ4n) is 4.36. The number of rotatable bonds is 6. The zero-order valence-corrected chi connectivity index (χ0v) is 16.8. The predicted octanol–water partition coefficient (Wildman–Crippen LogP) is 1.69. The molecule has 1 aromatic carbocycles. The molecule has 0 aromatic heterocycles. The number of hydrogen-bond donors (Lipinski definition) is 2. The van der Waals surface area contributed by atoms with Crippen LogP contribution in [0, 0.1) is 5.41 Å². The zero-order valence-electron chi connectivity index (χ0n) is 16.8. The van der Waals surface area contributed by atoms with Gasteiger partial charge in [0, 0.05) is 39.0 Å². The molecule has 2 heterocycles. The number of nitrogens with zero attached hydrogens (tertiary/aromatic N) is 2. The van der Waals surface area contributed by atoms with Crippen molar-refractivity contribution in [3.05, 3.63) is 35.9 Å². The number of aliphatic carboxylic acids is 1. The fourth-order valence-corrected chi connectivity index (χ4v) is 4.36. The van der Waals surface area contributed by atoms with Crippen LogP contribution in [0.25, 0.3) is 0 Å². The second-order valence-corrected chi connectivity index (χ2v) is 8.17. The zero-order chi connectivity index (χ0) is 20.9. The van der Waals surface area contributed by atoms with Crippen molar-refractivity contribution in [3.63, 3.8) is 0 Å². The van der Waals surface area contributed by atoms with Crippen LogP contribution < -0.4 is 0 Å². The Hall–Kier alpha value is -2.41. The molecule has 158 valence electrons. The van der Waals surface area contributed by atoms with Crippen LogP contribution in [0.5, 0.6) is 0 Å². The number of amides is 2. The van der Waals surface area contributed by atoms with Crippen LogP contribution in [0.2, 0.25) is 0 Å². The Kier molecular flexibility index (Phi) is 6.90. The van der Waals surface area contributed by atoms with Crippen molar-refractivity contribution in [1.29, 1.82) is 0 Å². The van der Waals surface area contributed by atoms with Crippen molar-refractivity contribution in [2.24, 2.45) is 5.41 Å². The number of aliphatic hydroxyl groups excluding tert-OH is 1. The monoisotopic (exact) mass is 402 g/mol. The molecule has 2 aliphatic rings. The molecule has 0 spiro atoms. The van der Waals surface area contributed by atoms with E-state index in [2.05, 4.69) is 0 Å². The SMILES string of the molecule is O=C1CCCCCN1CCC(=O)N1CC[C@](Cc2ccccc2)(C(=O)O)[C@H](O)C1. The molecule has 0 radical (unpaired) electrons. The second-order valence-electron chi connectivity index (χ2n) is 8.17. The highest BCUT2D eigenvalue weighted by Gasteiger charge is 2.49. The van der Waals surface area contributed by atoms with Gasteiger partial charge in [-0.3, -0.25) is 14.4 Å². The molecular formula is C22H30N2O5. The standard InChI is InChI=1S/C22H30N2O5/c25-18-16-24(20(27)10-13-23-12-6-2-5-9-19(23)26)14-11-22(18,21(28)29)15-17-7-3-1-4-8-17/h1,3-4,7-8,18,25H,2,5-6,9-16H2,(H,28,29)/t18-,22-/m1/s1. The maximum Gasteiger partial charge on any atom is 0.312 e. The highest BCUT2D eigenvalue weighted by atomic mass is 16.4. The summed E-state index contributed by atoms with van der Waals surface area (Å²) < 4.78 is 0. The average Bonchev–Trinajstić information content (AvgIpc) is 2.92. The van der Waals surface area contributed by atoms with E-state index in [1.54, 1.807) is 9.80 Å². The van der Waals surface area contributed by atoms with Crippen molar-refractivity contribution in [3.8, 4) is 0 Å². The molecule has 29 heavy (non-hydrogen) atoms. The van der Waals surface area contributed by atoms with Gasteiger partial charge in [-0.25, -0.2) is 0 Å². The van der Waals surface area contributed by atoms with Crippen molar-refractivity contribution in [2.75, 3.05) is 26.2 Å². The summed E-state index contributed by atoms with van der Waals surface area (Å²) in [5.74, 6) is -1.07. The molecule has 0 bridgehead atoms. The van der Waals surface area contributed by atoms with E-state index >= 15 is 0 Å². The smallest absolute Gasteiger partial charge is 0.312 e. The van der Waals surface area contributed by atoms with Crippen molar-refractivity contribution in [2.45, 2.75) is 51.0 Å². The third-order valence-corrected chi connectivity index (χ3v) is 6.27. The Morgan fingerprint density at radius 3 is 2.55 bits per heavy atom. The molecule has 3 rings (SSSR count). The van der Waals surface area contributed by atoms with Gasteiger partial charge in [0.1, 0.15) is 5.41 Å². The second kappa shape index (κ2) is 9.39. The molecule has 0 unspecified atom stereocenters. The van der Waals surface area contributed by atoms with Gasteiger partial charge in [-0.2, -0.15) is 0 Å². The summed E-state index contributed by atoms with van der Waals surface area (Å²) in [6, 6.07) is 9.27. The summed E-state index contributed by atoms with van der Waals surface area (Å²) in [5.41, 5.74) is -0.438. The van der Waals surface area contributed by atoms with Gasteiger partial charge in [0.25, 0.3) is 0 Å². The quantitative estimate of drug-likeness (QED) is 0.755. The van der Waals surface area contributed by atoms with Gasteiger partial charge in [0.2, 0.25) is 11.8 Å². The van der Waals surface area contributed by atoms with E-state index in [1.807, 2.05) is 30.3 Å². The molecule has 7 nitrogen and oxygen atoms in total. The first-order chi connectivity index (χ1) is 13.9. The van der Waals surface area contributed by atoms with Gasteiger partial charge in [0.05, 0.1) is 6.10 Å². The van der Waals surface area contributed by atoms with E-state index in [4.69, 9.17) is 0 Å². The maximum absolute atomic E-state index is 12.6. The lowest BCUT2D eigenvalue weighted by Crippen LogP contribution is -2.57. The van der Waals surface area contributed by atoms with E-state index in [0.717, 1.165) is 24.8 Å². The molecule has 2 saturated heterocycles. The number of piperidine rings is 1. The summed E-state index contributed by atoms with van der Waals surface area (Å²) in [6.07, 6.45) is 2.93. The van der Waals surface area contributed by atoms with Crippen LogP contribution in [-0.2, 0) is 20.8 Å². The van der Waals surface area contributed by atoms with Gasteiger partial charge in [-0.1, -0.05) is 36.8 Å². The van der Waals surface area contributed by atoms with Gasteiger partial charge >= 0.3 is 5.97 Å².